The minimum Gasteiger partial charge on any atom is -0.383 e. The Morgan fingerprint density at radius 2 is 2.37 bits per heavy atom. The highest BCUT2D eigenvalue weighted by Gasteiger charge is 2.10. The molecule has 0 aliphatic rings. The molecule has 0 aliphatic carbocycles. The monoisotopic (exact) mass is 281 g/mol. The fraction of sp³-hybridized carbons (Fsp3) is 0.417. The summed E-state index contributed by atoms with van der Waals surface area (Å²) in [5.41, 5.74) is 1.52. The molecule has 0 radical (unpaired) electrons. The van der Waals surface area contributed by atoms with Crippen LogP contribution in [0, 0.1) is 6.92 Å². The summed E-state index contributed by atoms with van der Waals surface area (Å²) in [5.74, 6) is -0.228. The molecular weight excluding hydrogens is 266 g/mol. The SMILES string of the molecule is COCCNC(=O)Cn1cnc2c(C)csc2c1=O. The molecule has 0 bridgehead atoms. The van der Waals surface area contributed by atoms with Crippen molar-refractivity contribution in [1.29, 1.82) is 0 Å². The fourth-order valence-electron chi connectivity index (χ4n) is 1.68. The standard InChI is InChI=1S/C12H15N3O3S/c1-8-6-19-11-10(8)14-7-15(12(11)17)5-9(16)13-3-4-18-2/h6-7H,3-5H2,1-2H3,(H,13,16). The molecule has 19 heavy (non-hydrogen) atoms. The molecule has 1 N–H and O–H groups in total. The largest absolute Gasteiger partial charge is 0.383 e. The molecular formula is C12H15N3O3S. The van der Waals surface area contributed by atoms with Crippen LogP contribution in [0.15, 0.2) is 16.5 Å². The summed E-state index contributed by atoms with van der Waals surface area (Å²) >= 11 is 1.36. The second kappa shape index (κ2) is 5.94. The van der Waals surface area contributed by atoms with Crippen molar-refractivity contribution in [2.45, 2.75) is 13.5 Å². The lowest BCUT2D eigenvalue weighted by molar-refractivity contribution is -0.121. The van der Waals surface area contributed by atoms with Crippen molar-refractivity contribution < 1.29 is 9.53 Å². The number of nitrogens with one attached hydrogen (secondary N) is 1. The van der Waals surface area contributed by atoms with Gasteiger partial charge in [-0.2, -0.15) is 0 Å². The molecule has 0 atom stereocenters. The first kappa shape index (κ1) is 13.7. The molecule has 0 saturated carbocycles. The van der Waals surface area contributed by atoms with Gasteiger partial charge in [-0.05, 0) is 17.9 Å². The normalized spacial score (nSPS) is 10.8. The third kappa shape index (κ3) is 2.99. The number of thiophene rings is 1. The van der Waals surface area contributed by atoms with E-state index in [1.54, 1.807) is 7.11 Å². The number of carbonyl (C=O) groups excluding carboxylic acids is 1. The number of rotatable bonds is 5. The van der Waals surface area contributed by atoms with E-state index in [2.05, 4.69) is 10.3 Å². The van der Waals surface area contributed by atoms with Gasteiger partial charge in [-0.1, -0.05) is 0 Å². The number of hydrogen-bond donors (Lipinski definition) is 1. The molecule has 2 aromatic rings. The number of carbonyl (C=O) groups is 1. The van der Waals surface area contributed by atoms with Crippen molar-refractivity contribution in [2.24, 2.45) is 0 Å². The lowest BCUT2D eigenvalue weighted by Crippen LogP contribution is -2.33. The quantitative estimate of drug-likeness (QED) is 0.811. The summed E-state index contributed by atoms with van der Waals surface area (Å²) in [5, 5.41) is 4.56. The Hall–Kier alpha value is -1.73. The zero-order valence-electron chi connectivity index (χ0n) is 10.8. The van der Waals surface area contributed by atoms with Gasteiger partial charge in [0.15, 0.2) is 0 Å². The summed E-state index contributed by atoms with van der Waals surface area (Å²) in [6, 6.07) is 0. The predicted octanol–water partition coefficient (Wildman–Crippen LogP) is 0.529. The first-order chi connectivity index (χ1) is 9.13. The third-order valence-corrected chi connectivity index (χ3v) is 3.74. The Morgan fingerprint density at radius 1 is 1.58 bits per heavy atom. The summed E-state index contributed by atoms with van der Waals surface area (Å²) in [6.07, 6.45) is 1.42. The van der Waals surface area contributed by atoms with Crippen molar-refractivity contribution in [3.05, 3.63) is 27.6 Å². The van der Waals surface area contributed by atoms with Crippen LogP contribution in [0.2, 0.25) is 0 Å². The Labute approximate surface area is 114 Å². The van der Waals surface area contributed by atoms with Crippen molar-refractivity contribution in [3.8, 4) is 0 Å². The predicted molar refractivity (Wildman–Crippen MR) is 73.5 cm³/mol. The van der Waals surface area contributed by atoms with Crippen LogP contribution in [0.25, 0.3) is 10.2 Å². The lowest BCUT2D eigenvalue weighted by atomic mass is 10.3. The van der Waals surface area contributed by atoms with Gasteiger partial charge in [-0.15, -0.1) is 11.3 Å². The van der Waals surface area contributed by atoms with E-state index in [-0.39, 0.29) is 18.0 Å². The first-order valence-corrected chi connectivity index (χ1v) is 6.70. The van der Waals surface area contributed by atoms with E-state index in [0.29, 0.717) is 23.4 Å². The third-order valence-electron chi connectivity index (χ3n) is 2.67. The van der Waals surface area contributed by atoms with Crippen LogP contribution >= 0.6 is 11.3 Å². The molecule has 0 saturated heterocycles. The van der Waals surface area contributed by atoms with Gasteiger partial charge in [-0.3, -0.25) is 14.2 Å². The second-order valence-corrected chi connectivity index (χ2v) is 5.00. The Balaban J connectivity index is 2.15. The Kier molecular flexibility index (Phi) is 4.28. The number of nitrogens with zero attached hydrogens (tertiary/aromatic N) is 2. The lowest BCUT2D eigenvalue weighted by Gasteiger charge is -2.06. The van der Waals surface area contributed by atoms with E-state index in [9.17, 15) is 9.59 Å². The maximum atomic E-state index is 12.1. The fourth-order valence-corrected chi connectivity index (χ4v) is 2.63. The van der Waals surface area contributed by atoms with Gasteiger partial charge in [0.1, 0.15) is 11.2 Å². The van der Waals surface area contributed by atoms with Crippen LogP contribution in [0.4, 0.5) is 0 Å². The average Bonchev–Trinajstić information content (AvgIpc) is 2.76. The van der Waals surface area contributed by atoms with E-state index in [0.717, 1.165) is 5.56 Å². The van der Waals surface area contributed by atoms with Crippen LogP contribution in [0.1, 0.15) is 5.56 Å². The van der Waals surface area contributed by atoms with Crippen LogP contribution in [0.5, 0.6) is 0 Å². The van der Waals surface area contributed by atoms with Gasteiger partial charge >= 0.3 is 0 Å². The van der Waals surface area contributed by atoms with E-state index in [1.807, 2.05) is 12.3 Å². The van der Waals surface area contributed by atoms with Crippen molar-refractivity contribution >= 4 is 27.5 Å². The van der Waals surface area contributed by atoms with Crippen molar-refractivity contribution in [1.82, 2.24) is 14.9 Å². The van der Waals surface area contributed by atoms with Gasteiger partial charge in [0, 0.05) is 13.7 Å². The molecule has 0 aliphatic heterocycles. The van der Waals surface area contributed by atoms with Crippen LogP contribution in [-0.4, -0.2) is 35.7 Å². The molecule has 2 aromatic heterocycles. The Bertz CT molecular complexity index is 647. The van der Waals surface area contributed by atoms with Gasteiger partial charge in [0.05, 0.1) is 18.5 Å². The number of aryl methyl sites for hydroxylation is 1. The molecule has 2 heterocycles. The number of ether oxygens (including phenoxy) is 1. The zero-order chi connectivity index (χ0) is 13.8. The van der Waals surface area contributed by atoms with Gasteiger partial charge < -0.3 is 10.1 Å². The van der Waals surface area contributed by atoms with Gasteiger partial charge in [0.25, 0.3) is 5.56 Å². The van der Waals surface area contributed by atoms with Crippen molar-refractivity contribution in [2.75, 3.05) is 20.3 Å². The molecule has 2 rings (SSSR count). The molecule has 0 unspecified atom stereocenters. The van der Waals surface area contributed by atoms with E-state index in [1.165, 1.54) is 22.2 Å². The van der Waals surface area contributed by atoms with Gasteiger partial charge in [-0.25, -0.2) is 4.98 Å². The topological polar surface area (TPSA) is 73.2 Å². The van der Waals surface area contributed by atoms with Crippen molar-refractivity contribution in [3.63, 3.8) is 0 Å². The van der Waals surface area contributed by atoms with E-state index in [4.69, 9.17) is 4.74 Å². The highest BCUT2D eigenvalue weighted by molar-refractivity contribution is 7.17. The molecule has 7 heteroatoms. The highest BCUT2D eigenvalue weighted by atomic mass is 32.1. The second-order valence-electron chi connectivity index (χ2n) is 4.12. The number of methoxy groups -OCH3 is 1. The molecule has 6 nitrogen and oxygen atoms in total. The minimum atomic E-state index is -0.228. The highest BCUT2D eigenvalue weighted by Crippen LogP contribution is 2.19. The summed E-state index contributed by atoms with van der Waals surface area (Å²) in [7, 11) is 1.56. The summed E-state index contributed by atoms with van der Waals surface area (Å²) in [6.45, 7) is 2.76. The van der Waals surface area contributed by atoms with E-state index >= 15 is 0 Å². The van der Waals surface area contributed by atoms with Crippen LogP contribution in [-0.2, 0) is 16.1 Å². The smallest absolute Gasteiger partial charge is 0.271 e. The Morgan fingerprint density at radius 3 is 3.11 bits per heavy atom. The summed E-state index contributed by atoms with van der Waals surface area (Å²) in [4.78, 5) is 28.0. The maximum absolute atomic E-state index is 12.1. The molecule has 0 fully saturated rings. The maximum Gasteiger partial charge on any atom is 0.271 e. The molecule has 0 spiro atoms. The van der Waals surface area contributed by atoms with Crippen LogP contribution < -0.4 is 10.9 Å². The van der Waals surface area contributed by atoms with Crippen LogP contribution in [0.3, 0.4) is 0 Å². The van der Waals surface area contributed by atoms with E-state index < -0.39 is 0 Å². The number of fused-ring (bicyclic) bond motifs is 1. The average molecular weight is 281 g/mol. The number of hydrogen-bond acceptors (Lipinski definition) is 5. The first-order valence-electron chi connectivity index (χ1n) is 5.82. The molecule has 0 aromatic carbocycles. The zero-order valence-corrected chi connectivity index (χ0v) is 11.6. The number of amides is 1. The van der Waals surface area contributed by atoms with Gasteiger partial charge in [0.2, 0.25) is 5.91 Å². The minimum absolute atomic E-state index is 0.0254. The number of aromatic nitrogens is 2. The molecule has 1 amide bonds. The molecule has 102 valence electrons. The summed E-state index contributed by atoms with van der Waals surface area (Å²) < 4.78 is 6.74.